The van der Waals surface area contributed by atoms with Crippen molar-refractivity contribution in [2.45, 2.75) is 26.2 Å². The molecular weight excluding hydrogens is 296 g/mol. The molecule has 0 aliphatic carbocycles. The first-order valence-corrected chi connectivity index (χ1v) is 6.72. The standard InChI is InChI=1S/C11H14N6O3S/c1-11(2,3)5-4-6(16-20-5)13-10(19)14-9-7(8(12)18)15-17-21-9/h4H,1-3H3,(H2,12,18)(H2,13,14,16,19). The van der Waals surface area contributed by atoms with Gasteiger partial charge in [0, 0.05) is 23.0 Å². The molecule has 2 aromatic rings. The number of nitrogens with zero attached hydrogens (tertiary/aromatic N) is 3. The Labute approximate surface area is 124 Å². The Morgan fingerprint density at radius 3 is 2.62 bits per heavy atom. The molecule has 2 rings (SSSR count). The maximum absolute atomic E-state index is 11.8. The molecule has 3 amide bonds. The summed E-state index contributed by atoms with van der Waals surface area (Å²) in [6.07, 6.45) is 0. The number of aromatic nitrogens is 3. The van der Waals surface area contributed by atoms with Crippen LogP contribution in [-0.4, -0.2) is 26.7 Å². The molecule has 2 heterocycles. The largest absolute Gasteiger partial charge is 0.364 e. The number of nitrogens with one attached hydrogen (secondary N) is 2. The van der Waals surface area contributed by atoms with Crippen LogP contribution in [-0.2, 0) is 5.41 Å². The molecule has 0 saturated heterocycles. The van der Waals surface area contributed by atoms with Gasteiger partial charge in [-0.2, -0.15) is 0 Å². The van der Waals surface area contributed by atoms with Crippen molar-refractivity contribution in [3.05, 3.63) is 17.5 Å². The Balaban J connectivity index is 2.03. The van der Waals surface area contributed by atoms with Gasteiger partial charge in [-0.05, 0) is 0 Å². The van der Waals surface area contributed by atoms with E-state index in [1.54, 1.807) is 6.07 Å². The van der Waals surface area contributed by atoms with Crippen molar-refractivity contribution in [3.63, 3.8) is 0 Å². The average Bonchev–Trinajstić information content (AvgIpc) is 2.96. The molecule has 2 aromatic heterocycles. The third kappa shape index (κ3) is 3.54. The topological polar surface area (TPSA) is 136 Å². The predicted octanol–water partition coefficient (Wildman–Crippen LogP) is 1.57. The summed E-state index contributed by atoms with van der Waals surface area (Å²) in [4.78, 5) is 22.9. The van der Waals surface area contributed by atoms with Crippen LogP contribution in [0, 0.1) is 0 Å². The second kappa shape index (κ2) is 5.48. The van der Waals surface area contributed by atoms with Gasteiger partial charge >= 0.3 is 6.03 Å². The second-order valence-corrected chi connectivity index (χ2v) is 5.97. The summed E-state index contributed by atoms with van der Waals surface area (Å²) in [5, 5.41) is 12.4. The smallest absolute Gasteiger partial charge is 0.325 e. The summed E-state index contributed by atoms with van der Waals surface area (Å²) in [6.45, 7) is 5.87. The summed E-state index contributed by atoms with van der Waals surface area (Å²) in [7, 11) is 0. The Morgan fingerprint density at radius 1 is 1.33 bits per heavy atom. The van der Waals surface area contributed by atoms with Gasteiger partial charge in [0.25, 0.3) is 5.91 Å². The van der Waals surface area contributed by atoms with Crippen molar-refractivity contribution < 1.29 is 14.1 Å². The molecule has 112 valence electrons. The predicted molar refractivity (Wildman–Crippen MR) is 76.3 cm³/mol. The summed E-state index contributed by atoms with van der Waals surface area (Å²) in [6, 6.07) is 1.02. The Hall–Kier alpha value is -2.49. The van der Waals surface area contributed by atoms with Crippen LogP contribution in [0.3, 0.4) is 0 Å². The van der Waals surface area contributed by atoms with E-state index in [1.807, 2.05) is 20.8 Å². The zero-order valence-electron chi connectivity index (χ0n) is 11.6. The number of hydrogen-bond donors (Lipinski definition) is 3. The number of carbonyl (C=O) groups excluding carboxylic acids is 2. The van der Waals surface area contributed by atoms with E-state index in [4.69, 9.17) is 10.3 Å². The van der Waals surface area contributed by atoms with E-state index < -0.39 is 11.9 Å². The molecule has 4 N–H and O–H groups in total. The third-order valence-corrected chi connectivity index (χ3v) is 3.08. The molecule has 0 aliphatic heterocycles. The minimum Gasteiger partial charge on any atom is -0.364 e. The number of nitrogens with two attached hydrogens (primary N) is 1. The molecule has 21 heavy (non-hydrogen) atoms. The fourth-order valence-corrected chi connectivity index (χ4v) is 1.94. The average molecular weight is 310 g/mol. The number of hydrogen-bond acceptors (Lipinski definition) is 7. The van der Waals surface area contributed by atoms with Gasteiger partial charge < -0.3 is 10.3 Å². The van der Waals surface area contributed by atoms with Crippen molar-refractivity contribution in [1.29, 1.82) is 0 Å². The van der Waals surface area contributed by atoms with Crippen LogP contribution in [0.4, 0.5) is 15.6 Å². The number of rotatable bonds is 3. The first-order valence-electron chi connectivity index (χ1n) is 5.94. The number of primary amides is 1. The molecule has 0 atom stereocenters. The Morgan fingerprint density at radius 2 is 2.05 bits per heavy atom. The van der Waals surface area contributed by atoms with Gasteiger partial charge in [0.1, 0.15) is 5.76 Å². The van der Waals surface area contributed by atoms with Gasteiger partial charge in [-0.1, -0.05) is 30.4 Å². The van der Waals surface area contributed by atoms with E-state index >= 15 is 0 Å². The van der Waals surface area contributed by atoms with E-state index in [0.717, 1.165) is 11.5 Å². The van der Waals surface area contributed by atoms with Gasteiger partial charge in [0.05, 0.1) is 0 Å². The second-order valence-electron chi connectivity index (χ2n) is 5.22. The number of urea groups is 1. The molecule has 0 aromatic carbocycles. The van der Waals surface area contributed by atoms with Crippen molar-refractivity contribution in [2.24, 2.45) is 5.73 Å². The summed E-state index contributed by atoms with van der Waals surface area (Å²) >= 11 is 0.848. The molecule has 9 nitrogen and oxygen atoms in total. The van der Waals surface area contributed by atoms with Gasteiger partial charge in [-0.25, -0.2) is 4.79 Å². The van der Waals surface area contributed by atoms with Gasteiger partial charge in [0.2, 0.25) is 0 Å². The van der Waals surface area contributed by atoms with Gasteiger partial charge in [-0.3, -0.25) is 15.4 Å². The van der Waals surface area contributed by atoms with Crippen molar-refractivity contribution in [3.8, 4) is 0 Å². The summed E-state index contributed by atoms with van der Waals surface area (Å²) in [5.74, 6) is 0.126. The Kier molecular flexibility index (Phi) is 3.89. The molecule has 0 aliphatic rings. The van der Waals surface area contributed by atoms with E-state index in [1.165, 1.54) is 0 Å². The molecule has 0 radical (unpaired) electrons. The van der Waals surface area contributed by atoms with Crippen LogP contribution in [0.15, 0.2) is 10.6 Å². The third-order valence-electron chi connectivity index (χ3n) is 2.44. The van der Waals surface area contributed by atoms with Crippen molar-refractivity contribution in [1.82, 2.24) is 14.7 Å². The summed E-state index contributed by atoms with van der Waals surface area (Å²) in [5.41, 5.74) is 4.79. The lowest BCUT2D eigenvalue weighted by molar-refractivity contribution is 0.0996. The van der Waals surface area contributed by atoms with Crippen molar-refractivity contribution in [2.75, 3.05) is 10.6 Å². The molecular formula is C11H14N6O3S. The SMILES string of the molecule is CC(C)(C)c1cc(NC(=O)Nc2snnc2C(N)=O)no1. The quantitative estimate of drug-likeness (QED) is 0.787. The number of carbonyl (C=O) groups is 2. The van der Waals surface area contributed by atoms with E-state index in [0.29, 0.717) is 5.76 Å². The van der Waals surface area contributed by atoms with E-state index in [-0.39, 0.29) is 21.9 Å². The fourth-order valence-electron chi connectivity index (χ4n) is 1.37. The lowest BCUT2D eigenvalue weighted by atomic mass is 9.93. The van der Waals surface area contributed by atoms with Crippen molar-refractivity contribution >= 4 is 34.3 Å². The molecule has 0 spiro atoms. The van der Waals surface area contributed by atoms with Crippen LogP contribution in [0.5, 0.6) is 0 Å². The summed E-state index contributed by atoms with van der Waals surface area (Å²) < 4.78 is 8.69. The van der Waals surface area contributed by atoms with Crippen LogP contribution < -0.4 is 16.4 Å². The van der Waals surface area contributed by atoms with Gasteiger partial charge in [0.15, 0.2) is 16.5 Å². The number of amides is 3. The highest BCUT2D eigenvalue weighted by atomic mass is 32.1. The maximum atomic E-state index is 11.8. The van der Waals surface area contributed by atoms with Crippen LogP contribution in [0.25, 0.3) is 0 Å². The molecule has 0 saturated carbocycles. The van der Waals surface area contributed by atoms with Crippen LogP contribution in [0.1, 0.15) is 37.0 Å². The highest BCUT2D eigenvalue weighted by molar-refractivity contribution is 7.10. The lowest BCUT2D eigenvalue weighted by Crippen LogP contribution is -2.22. The zero-order chi connectivity index (χ0) is 15.6. The highest BCUT2D eigenvalue weighted by Crippen LogP contribution is 2.24. The lowest BCUT2D eigenvalue weighted by Gasteiger charge is -2.12. The van der Waals surface area contributed by atoms with Crippen LogP contribution >= 0.6 is 11.5 Å². The fraction of sp³-hybridized carbons (Fsp3) is 0.364. The molecule has 10 heteroatoms. The maximum Gasteiger partial charge on any atom is 0.325 e. The molecule has 0 bridgehead atoms. The molecule has 0 fully saturated rings. The monoisotopic (exact) mass is 310 g/mol. The highest BCUT2D eigenvalue weighted by Gasteiger charge is 2.21. The first kappa shape index (κ1) is 14.9. The van der Waals surface area contributed by atoms with Gasteiger partial charge in [-0.15, -0.1) is 5.10 Å². The Bertz CT molecular complexity index is 672. The molecule has 0 unspecified atom stereocenters. The normalized spacial score (nSPS) is 11.2. The minimum atomic E-state index is -0.768. The van der Waals surface area contributed by atoms with E-state index in [2.05, 4.69) is 25.4 Å². The van der Waals surface area contributed by atoms with E-state index in [9.17, 15) is 9.59 Å². The van der Waals surface area contributed by atoms with Crippen LogP contribution in [0.2, 0.25) is 0 Å². The minimum absolute atomic E-state index is 0.0920. The number of anilines is 2. The zero-order valence-corrected chi connectivity index (χ0v) is 12.4. The first-order chi connectivity index (χ1) is 9.77.